The Labute approximate surface area is 282 Å². The Hall–Kier alpha value is -5.67. The quantitative estimate of drug-likeness (QED) is 0.166. The van der Waals surface area contributed by atoms with Gasteiger partial charge < -0.3 is 0 Å². The molecule has 222 valence electrons. The fraction of sp³-hybridized carbons (Fsp3) is 0. The number of hydrogen-bond donors (Lipinski definition) is 0. The maximum atomic E-state index is 4.96. The normalized spacial score (nSPS) is 11.1. The van der Waals surface area contributed by atoms with Crippen LogP contribution in [0.1, 0.15) is 0 Å². The Kier molecular flexibility index (Phi) is 7.72. The summed E-state index contributed by atoms with van der Waals surface area (Å²) in [6.45, 7) is 0. The zero-order chi connectivity index (χ0) is 31.6. The van der Waals surface area contributed by atoms with Crippen molar-refractivity contribution in [3.8, 4) is 67.5 Å². The van der Waals surface area contributed by atoms with E-state index in [4.69, 9.17) is 15.0 Å². The fourth-order valence-corrected chi connectivity index (χ4v) is 7.01. The molecule has 1 aromatic heterocycles. The van der Waals surface area contributed by atoms with Gasteiger partial charge in [-0.1, -0.05) is 0 Å². The molecule has 8 rings (SSSR count). The first-order chi connectivity index (χ1) is 23.2. The van der Waals surface area contributed by atoms with E-state index in [0.717, 1.165) is 27.8 Å². The van der Waals surface area contributed by atoms with Gasteiger partial charge in [0.1, 0.15) is 0 Å². The summed E-state index contributed by atoms with van der Waals surface area (Å²) in [6.07, 6.45) is 0. The van der Waals surface area contributed by atoms with E-state index in [9.17, 15) is 0 Å². The van der Waals surface area contributed by atoms with E-state index in [0.29, 0.717) is 17.5 Å². The van der Waals surface area contributed by atoms with Crippen LogP contribution >= 0.6 is 0 Å². The molecule has 0 N–H and O–H groups in total. The first-order valence-electron chi connectivity index (χ1n) is 15.6. The van der Waals surface area contributed by atoms with E-state index >= 15 is 0 Å². The SMILES string of the molecule is [SeH]c1c(-c2cccc(-c3nc(-c4ccccc4)nc(-c4ccccc4)n3)c2)cccc1-c1cccc2c(-c3ccccc3)cccc12. The molecule has 0 saturated heterocycles. The minimum atomic E-state index is 0.644. The molecule has 1 heterocycles. The second-order valence-electron chi connectivity index (χ2n) is 11.4. The molecule has 0 unspecified atom stereocenters. The summed E-state index contributed by atoms with van der Waals surface area (Å²) in [5.74, 6) is 1.95. The fourth-order valence-electron chi connectivity index (χ4n) is 6.17. The Morgan fingerprint density at radius 3 is 1.32 bits per heavy atom. The van der Waals surface area contributed by atoms with Crippen molar-refractivity contribution in [2.45, 2.75) is 0 Å². The second kappa shape index (κ2) is 12.6. The van der Waals surface area contributed by atoms with Gasteiger partial charge in [-0.05, 0) is 0 Å². The molecule has 0 aliphatic carbocycles. The van der Waals surface area contributed by atoms with Crippen molar-refractivity contribution in [3.05, 3.63) is 170 Å². The predicted molar refractivity (Wildman–Crippen MR) is 197 cm³/mol. The summed E-state index contributed by atoms with van der Waals surface area (Å²) in [4.78, 5) is 14.8. The van der Waals surface area contributed by atoms with E-state index in [1.165, 1.54) is 37.5 Å². The Morgan fingerprint density at radius 1 is 0.298 bits per heavy atom. The van der Waals surface area contributed by atoms with Crippen molar-refractivity contribution in [3.63, 3.8) is 0 Å². The van der Waals surface area contributed by atoms with Crippen LogP contribution in [0.15, 0.2) is 170 Å². The van der Waals surface area contributed by atoms with E-state index in [2.05, 4.69) is 125 Å². The Balaban J connectivity index is 1.23. The minimum absolute atomic E-state index is 0.644. The molecule has 7 aromatic carbocycles. The van der Waals surface area contributed by atoms with Gasteiger partial charge in [-0.2, -0.15) is 0 Å². The maximum absolute atomic E-state index is 4.96. The van der Waals surface area contributed by atoms with Gasteiger partial charge >= 0.3 is 284 Å². The monoisotopic (exact) mass is 667 g/mol. The molecule has 0 spiro atoms. The molecule has 0 bridgehead atoms. The van der Waals surface area contributed by atoms with Crippen LogP contribution in [-0.2, 0) is 0 Å². The number of rotatable bonds is 6. The summed E-state index contributed by atoms with van der Waals surface area (Å²) in [5, 5.41) is 2.48. The zero-order valence-electron chi connectivity index (χ0n) is 25.5. The summed E-state index contributed by atoms with van der Waals surface area (Å²) in [6, 6.07) is 59.1. The van der Waals surface area contributed by atoms with Crippen molar-refractivity contribution in [1.82, 2.24) is 15.0 Å². The van der Waals surface area contributed by atoms with E-state index in [1.807, 2.05) is 60.7 Å². The molecule has 0 radical (unpaired) electrons. The molecular weight excluding hydrogens is 637 g/mol. The van der Waals surface area contributed by atoms with Gasteiger partial charge in [0, 0.05) is 0 Å². The molecule has 8 aromatic rings. The van der Waals surface area contributed by atoms with Crippen LogP contribution in [0.3, 0.4) is 0 Å². The molecule has 0 saturated carbocycles. The summed E-state index contributed by atoms with van der Waals surface area (Å²) < 4.78 is 1.17. The standard InChI is InChI=1S/C43H29N3Se/c47-40-35(23-12-27-39(40)38-26-13-24-36-34(22-11-25-37(36)38)29-14-4-1-5-15-29)32-20-10-21-33(28-32)43-45-41(30-16-6-2-7-17-30)44-42(46-43)31-18-8-3-9-19-31/h1-28,47H. The third-order valence-electron chi connectivity index (χ3n) is 8.46. The van der Waals surface area contributed by atoms with Crippen molar-refractivity contribution < 1.29 is 0 Å². The second-order valence-corrected chi connectivity index (χ2v) is 12.3. The summed E-state index contributed by atoms with van der Waals surface area (Å²) >= 11 is 2.82. The van der Waals surface area contributed by atoms with Crippen LogP contribution in [0.4, 0.5) is 0 Å². The average Bonchev–Trinajstić information content (AvgIpc) is 3.15. The van der Waals surface area contributed by atoms with E-state index < -0.39 is 0 Å². The summed E-state index contributed by atoms with van der Waals surface area (Å²) in [7, 11) is 0. The molecule has 0 aliphatic heterocycles. The molecule has 0 aliphatic rings. The van der Waals surface area contributed by atoms with Crippen LogP contribution in [0.5, 0.6) is 0 Å². The van der Waals surface area contributed by atoms with Gasteiger partial charge in [0.25, 0.3) is 0 Å². The molecule has 0 atom stereocenters. The first kappa shape index (κ1) is 28.8. The third kappa shape index (κ3) is 5.66. The van der Waals surface area contributed by atoms with Crippen LogP contribution in [-0.4, -0.2) is 31.0 Å². The van der Waals surface area contributed by atoms with E-state index in [-0.39, 0.29) is 0 Å². The molecular formula is C43H29N3Se. The topological polar surface area (TPSA) is 38.7 Å². The average molecular weight is 667 g/mol. The van der Waals surface area contributed by atoms with Crippen molar-refractivity contribution in [2.75, 3.05) is 0 Å². The molecule has 0 amide bonds. The third-order valence-corrected chi connectivity index (χ3v) is 9.48. The Bertz CT molecular complexity index is 2300. The van der Waals surface area contributed by atoms with Crippen molar-refractivity contribution in [2.24, 2.45) is 0 Å². The predicted octanol–water partition coefficient (Wildman–Crippen LogP) is 9.55. The summed E-state index contributed by atoms with van der Waals surface area (Å²) in [5.41, 5.74) is 9.98. The number of fused-ring (bicyclic) bond motifs is 1. The van der Waals surface area contributed by atoms with Crippen LogP contribution in [0.25, 0.3) is 78.3 Å². The van der Waals surface area contributed by atoms with Crippen LogP contribution < -0.4 is 4.46 Å². The molecule has 4 heteroatoms. The van der Waals surface area contributed by atoms with Gasteiger partial charge in [-0.15, -0.1) is 0 Å². The van der Waals surface area contributed by atoms with Gasteiger partial charge in [0.15, 0.2) is 0 Å². The number of aromatic nitrogens is 3. The van der Waals surface area contributed by atoms with Gasteiger partial charge in [0.2, 0.25) is 0 Å². The van der Waals surface area contributed by atoms with E-state index in [1.54, 1.807) is 0 Å². The van der Waals surface area contributed by atoms with Crippen LogP contribution in [0.2, 0.25) is 0 Å². The van der Waals surface area contributed by atoms with Crippen molar-refractivity contribution in [1.29, 1.82) is 0 Å². The first-order valence-corrected chi connectivity index (χ1v) is 16.5. The van der Waals surface area contributed by atoms with Crippen LogP contribution in [0, 0.1) is 0 Å². The Morgan fingerprint density at radius 2 is 0.702 bits per heavy atom. The molecule has 0 fully saturated rings. The number of benzene rings is 7. The number of hydrogen-bond acceptors (Lipinski definition) is 3. The van der Waals surface area contributed by atoms with Gasteiger partial charge in [-0.25, -0.2) is 0 Å². The van der Waals surface area contributed by atoms with Gasteiger partial charge in [0.05, 0.1) is 0 Å². The van der Waals surface area contributed by atoms with Gasteiger partial charge in [-0.3, -0.25) is 0 Å². The molecule has 3 nitrogen and oxygen atoms in total. The zero-order valence-corrected chi connectivity index (χ0v) is 27.3. The molecule has 47 heavy (non-hydrogen) atoms. The van der Waals surface area contributed by atoms with Crippen molar-refractivity contribution >= 4 is 31.2 Å². The number of nitrogens with zero attached hydrogens (tertiary/aromatic N) is 3.